The lowest BCUT2D eigenvalue weighted by molar-refractivity contribution is -0.153. The summed E-state index contributed by atoms with van der Waals surface area (Å²) in [6.07, 6.45) is -3.11. The van der Waals surface area contributed by atoms with Gasteiger partial charge in [0.15, 0.2) is 6.61 Å². The summed E-state index contributed by atoms with van der Waals surface area (Å²) in [5.41, 5.74) is 6.13. The van der Waals surface area contributed by atoms with Crippen molar-refractivity contribution in [3.63, 3.8) is 0 Å². The molecule has 1 aromatic rings. The Bertz CT molecular complexity index is 317. The van der Waals surface area contributed by atoms with Crippen molar-refractivity contribution in [2.75, 3.05) is 6.61 Å². The molecule has 1 rings (SSSR count). The molecule has 0 aromatic carbocycles. The summed E-state index contributed by atoms with van der Waals surface area (Å²) < 4.78 is 39.8. The summed E-state index contributed by atoms with van der Waals surface area (Å²) in [7, 11) is 0. The number of nitrogens with two attached hydrogens (primary N) is 1. The second-order valence-corrected chi connectivity index (χ2v) is 3.11. The normalized spacial score (nSPS) is 12.1. The van der Waals surface area contributed by atoms with Gasteiger partial charge in [0, 0.05) is 6.04 Å². The van der Waals surface area contributed by atoms with Crippen LogP contribution in [0.2, 0.25) is 0 Å². The Kier molecular flexibility index (Phi) is 8.31. The minimum Gasteiger partial charge on any atom is -0.483 e. The van der Waals surface area contributed by atoms with E-state index in [1.165, 1.54) is 18.3 Å². The van der Waals surface area contributed by atoms with Gasteiger partial charge in [0.25, 0.3) is 0 Å². The van der Waals surface area contributed by atoms with Crippen molar-refractivity contribution in [2.24, 2.45) is 5.73 Å². The van der Waals surface area contributed by atoms with E-state index in [1.54, 1.807) is 6.92 Å². The standard InChI is InChI=1S/C9H11F3N2O.2ClH/c1-6(13)8-3-2-7(4-14-8)15-5-9(10,11)12;;/h2-4,6H,5,13H2,1H3;2*1H. The smallest absolute Gasteiger partial charge is 0.422 e. The zero-order chi connectivity index (χ0) is 11.5. The third kappa shape index (κ3) is 7.25. The van der Waals surface area contributed by atoms with Gasteiger partial charge in [-0.1, -0.05) is 0 Å². The molecule has 1 aromatic heterocycles. The van der Waals surface area contributed by atoms with Crippen LogP contribution < -0.4 is 10.5 Å². The molecule has 1 unspecified atom stereocenters. The lowest BCUT2D eigenvalue weighted by Gasteiger charge is -2.09. The molecule has 0 spiro atoms. The lowest BCUT2D eigenvalue weighted by atomic mass is 10.2. The fourth-order valence-electron chi connectivity index (χ4n) is 0.912. The zero-order valence-corrected chi connectivity index (χ0v) is 10.5. The maximum Gasteiger partial charge on any atom is 0.422 e. The number of nitrogens with zero attached hydrogens (tertiary/aromatic N) is 1. The lowest BCUT2D eigenvalue weighted by Crippen LogP contribution is -2.19. The molecule has 0 aliphatic carbocycles. The summed E-state index contributed by atoms with van der Waals surface area (Å²) in [5, 5.41) is 0. The van der Waals surface area contributed by atoms with Crippen LogP contribution >= 0.6 is 24.8 Å². The average Bonchev–Trinajstić information content (AvgIpc) is 2.14. The van der Waals surface area contributed by atoms with E-state index in [-0.39, 0.29) is 36.6 Å². The summed E-state index contributed by atoms with van der Waals surface area (Å²) >= 11 is 0. The van der Waals surface area contributed by atoms with Crippen molar-refractivity contribution in [2.45, 2.75) is 19.1 Å². The summed E-state index contributed by atoms with van der Waals surface area (Å²) in [6, 6.07) is 2.70. The summed E-state index contributed by atoms with van der Waals surface area (Å²) in [5.74, 6) is 0.0803. The highest BCUT2D eigenvalue weighted by molar-refractivity contribution is 5.85. The second-order valence-electron chi connectivity index (χ2n) is 3.11. The summed E-state index contributed by atoms with van der Waals surface area (Å²) in [6.45, 7) is 0.421. The van der Waals surface area contributed by atoms with Crippen LogP contribution in [0.1, 0.15) is 18.7 Å². The fraction of sp³-hybridized carbons (Fsp3) is 0.444. The molecule has 17 heavy (non-hydrogen) atoms. The third-order valence-corrected chi connectivity index (χ3v) is 1.63. The molecule has 0 amide bonds. The average molecular weight is 293 g/mol. The van der Waals surface area contributed by atoms with E-state index in [4.69, 9.17) is 5.73 Å². The van der Waals surface area contributed by atoms with Crippen LogP contribution in [0.3, 0.4) is 0 Å². The van der Waals surface area contributed by atoms with Crippen LogP contribution in [0.15, 0.2) is 18.3 Å². The highest BCUT2D eigenvalue weighted by Crippen LogP contribution is 2.18. The van der Waals surface area contributed by atoms with Crippen molar-refractivity contribution in [1.29, 1.82) is 0 Å². The first kappa shape index (κ1) is 18.6. The Morgan fingerprint density at radius 3 is 2.29 bits per heavy atom. The molecular formula is C9H13Cl2F3N2O. The van der Waals surface area contributed by atoms with Crippen molar-refractivity contribution in [1.82, 2.24) is 4.98 Å². The number of pyridine rings is 1. The Morgan fingerprint density at radius 2 is 1.94 bits per heavy atom. The number of hydrogen-bond acceptors (Lipinski definition) is 3. The molecule has 0 fully saturated rings. The Labute approximate surface area is 109 Å². The monoisotopic (exact) mass is 292 g/mol. The first-order valence-electron chi connectivity index (χ1n) is 4.29. The van der Waals surface area contributed by atoms with Gasteiger partial charge in [0.05, 0.1) is 11.9 Å². The Hall–Kier alpha value is -0.720. The van der Waals surface area contributed by atoms with Crippen LogP contribution in [0.4, 0.5) is 13.2 Å². The Balaban J connectivity index is 0. The predicted octanol–water partition coefficient (Wildman–Crippen LogP) is 2.89. The van der Waals surface area contributed by atoms with Gasteiger partial charge in [-0.3, -0.25) is 4.98 Å². The maximum atomic E-state index is 11.8. The first-order valence-corrected chi connectivity index (χ1v) is 4.29. The number of hydrogen-bond donors (Lipinski definition) is 1. The number of ether oxygens (including phenoxy) is 1. The van der Waals surface area contributed by atoms with E-state index in [9.17, 15) is 13.2 Å². The van der Waals surface area contributed by atoms with Gasteiger partial charge in [-0.05, 0) is 19.1 Å². The van der Waals surface area contributed by atoms with Crippen molar-refractivity contribution >= 4 is 24.8 Å². The highest BCUT2D eigenvalue weighted by Gasteiger charge is 2.28. The maximum absolute atomic E-state index is 11.8. The molecule has 0 saturated heterocycles. The van der Waals surface area contributed by atoms with Crippen molar-refractivity contribution < 1.29 is 17.9 Å². The molecule has 0 radical (unpaired) electrons. The van der Waals surface area contributed by atoms with E-state index in [1.807, 2.05) is 0 Å². The van der Waals surface area contributed by atoms with E-state index < -0.39 is 12.8 Å². The van der Waals surface area contributed by atoms with Crippen molar-refractivity contribution in [3.8, 4) is 5.75 Å². The predicted molar refractivity (Wildman–Crippen MR) is 62.9 cm³/mol. The van der Waals surface area contributed by atoms with Crippen LogP contribution in [-0.4, -0.2) is 17.8 Å². The topological polar surface area (TPSA) is 48.1 Å². The number of rotatable bonds is 3. The van der Waals surface area contributed by atoms with Gasteiger partial charge in [-0.15, -0.1) is 24.8 Å². The van der Waals surface area contributed by atoms with Gasteiger partial charge in [0.1, 0.15) is 5.75 Å². The number of halogens is 5. The number of aromatic nitrogens is 1. The zero-order valence-electron chi connectivity index (χ0n) is 8.90. The Morgan fingerprint density at radius 1 is 1.35 bits per heavy atom. The first-order chi connectivity index (χ1) is 6.88. The molecule has 0 saturated carbocycles. The molecule has 100 valence electrons. The highest BCUT2D eigenvalue weighted by atomic mass is 35.5. The van der Waals surface area contributed by atoms with Gasteiger partial charge in [-0.25, -0.2) is 0 Å². The van der Waals surface area contributed by atoms with E-state index in [2.05, 4.69) is 9.72 Å². The molecule has 3 nitrogen and oxygen atoms in total. The van der Waals surface area contributed by atoms with Gasteiger partial charge in [-0.2, -0.15) is 13.2 Å². The molecular weight excluding hydrogens is 280 g/mol. The SMILES string of the molecule is CC(N)c1ccc(OCC(F)(F)F)cn1.Cl.Cl. The largest absolute Gasteiger partial charge is 0.483 e. The van der Waals surface area contributed by atoms with Gasteiger partial charge >= 0.3 is 6.18 Å². The third-order valence-electron chi connectivity index (χ3n) is 1.63. The second kappa shape index (κ2) is 7.58. The molecule has 0 bridgehead atoms. The van der Waals surface area contributed by atoms with E-state index in [0.717, 1.165) is 0 Å². The van der Waals surface area contributed by atoms with Crippen LogP contribution in [0.5, 0.6) is 5.75 Å². The quantitative estimate of drug-likeness (QED) is 0.932. The van der Waals surface area contributed by atoms with Crippen molar-refractivity contribution in [3.05, 3.63) is 24.0 Å². The van der Waals surface area contributed by atoms with Crippen LogP contribution in [-0.2, 0) is 0 Å². The molecule has 1 heterocycles. The molecule has 1 atom stereocenters. The molecule has 8 heteroatoms. The van der Waals surface area contributed by atoms with E-state index >= 15 is 0 Å². The van der Waals surface area contributed by atoms with Crippen LogP contribution in [0.25, 0.3) is 0 Å². The number of alkyl halides is 3. The molecule has 2 N–H and O–H groups in total. The molecule has 0 aliphatic heterocycles. The minimum atomic E-state index is -4.33. The summed E-state index contributed by atoms with van der Waals surface area (Å²) in [4.78, 5) is 3.86. The minimum absolute atomic E-state index is 0. The van der Waals surface area contributed by atoms with Gasteiger partial charge in [0.2, 0.25) is 0 Å². The molecule has 0 aliphatic rings. The van der Waals surface area contributed by atoms with Gasteiger partial charge < -0.3 is 10.5 Å². The fourth-order valence-corrected chi connectivity index (χ4v) is 0.912. The van der Waals surface area contributed by atoms with Crippen LogP contribution in [0, 0.1) is 0 Å². The van der Waals surface area contributed by atoms with E-state index in [0.29, 0.717) is 5.69 Å².